The SMILES string of the molecule is CCN(CC)C1=N[C@](C(=O)OC)(C(F)(F)F)N=C(c2ccc(Cl)cc2Cl)O1. The fraction of sp³-hybridized carbons (Fsp3) is 0.438. The first kappa shape index (κ1) is 21.3. The minimum absolute atomic E-state index is 0.00277. The number of carbonyl (C=O) groups is 1. The largest absolute Gasteiger partial charge is 0.465 e. The quantitative estimate of drug-likeness (QED) is 0.686. The maximum atomic E-state index is 13.9. The summed E-state index contributed by atoms with van der Waals surface area (Å²) in [4.78, 5) is 20.5. The number of hydrogen-bond donors (Lipinski definition) is 0. The molecule has 1 aromatic carbocycles. The highest BCUT2D eigenvalue weighted by Gasteiger charge is 2.65. The Morgan fingerprint density at radius 3 is 2.37 bits per heavy atom. The van der Waals surface area contributed by atoms with E-state index in [9.17, 15) is 18.0 Å². The van der Waals surface area contributed by atoms with E-state index >= 15 is 0 Å². The molecule has 0 unspecified atom stereocenters. The lowest BCUT2D eigenvalue weighted by atomic mass is 10.1. The van der Waals surface area contributed by atoms with Crippen molar-refractivity contribution >= 4 is 41.1 Å². The fourth-order valence-corrected chi connectivity index (χ4v) is 2.82. The molecule has 1 aliphatic rings. The van der Waals surface area contributed by atoms with E-state index in [0.29, 0.717) is 0 Å². The standard InChI is InChI=1S/C16H16Cl2F3N3O3/c1-4-24(5-2)14-23-15(13(25)26-3,16(19,20)21)22-12(27-14)10-7-6-9(17)8-11(10)18/h6-8H,4-5H2,1-3H3/t15-/m1/s1. The van der Waals surface area contributed by atoms with E-state index < -0.39 is 29.7 Å². The van der Waals surface area contributed by atoms with Crippen LogP contribution in [0.2, 0.25) is 10.0 Å². The molecule has 1 atom stereocenters. The number of methoxy groups -OCH3 is 1. The second-order valence-electron chi connectivity index (χ2n) is 5.37. The van der Waals surface area contributed by atoms with E-state index in [1.54, 1.807) is 13.8 Å². The molecule has 11 heteroatoms. The molecule has 0 saturated carbocycles. The third kappa shape index (κ3) is 3.98. The molecule has 1 heterocycles. The minimum atomic E-state index is -5.17. The Morgan fingerprint density at radius 1 is 1.26 bits per heavy atom. The van der Waals surface area contributed by atoms with Crippen molar-refractivity contribution < 1.29 is 27.4 Å². The molecule has 0 fully saturated rings. The van der Waals surface area contributed by atoms with Gasteiger partial charge in [-0.3, -0.25) is 0 Å². The van der Waals surface area contributed by atoms with Crippen molar-refractivity contribution in [1.82, 2.24) is 4.90 Å². The van der Waals surface area contributed by atoms with E-state index in [-0.39, 0.29) is 28.7 Å². The maximum Gasteiger partial charge on any atom is 0.446 e. The Kier molecular flexibility index (Phi) is 6.26. The Hall–Kier alpha value is -2.00. The highest BCUT2D eigenvalue weighted by Crippen LogP contribution is 2.39. The van der Waals surface area contributed by atoms with Crippen molar-refractivity contribution in [3.63, 3.8) is 0 Å². The minimum Gasteiger partial charge on any atom is -0.465 e. The molecule has 148 valence electrons. The van der Waals surface area contributed by atoms with E-state index in [1.807, 2.05) is 0 Å². The Balaban J connectivity index is 2.74. The van der Waals surface area contributed by atoms with Crippen LogP contribution >= 0.6 is 23.2 Å². The number of amidine groups is 1. The molecule has 0 N–H and O–H groups in total. The lowest BCUT2D eigenvalue weighted by Crippen LogP contribution is -2.55. The number of rotatable bonds is 4. The Bertz CT molecular complexity index is 795. The topological polar surface area (TPSA) is 63.5 Å². The fourth-order valence-electron chi connectivity index (χ4n) is 2.33. The van der Waals surface area contributed by atoms with E-state index in [2.05, 4.69) is 14.7 Å². The first-order chi connectivity index (χ1) is 12.6. The summed E-state index contributed by atoms with van der Waals surface area (Å²) < 4.78 is 51.5. The molecule has 6 nitrogen and oxygen atoms in total. The van der Waals surface area contributed by atoms with Crippen LogP contribution in [0.1, 0.15) is 19.4 Å². The molecule has 0 saturated heterocycles. The summed E-state index contributed by atoms with van der Waals surface area (Å²) in [7, 11) is 0.822. The van der Waals surface area contributed by atoms with Crippen LogP contribution in [0.3, 0.4) is 0 Å². The second-order valence-corrected chi connectivity index (χ2v) is 6.22. The van der Waals surface area contributed by atoms with Gasteiger partial charge in [-0.05, 0) is 32.0 Å². The van der Waals surface area contributed by atoms with Gasteiger partial charge in [-0.1, -0.05) is 23.2 Å². The van der Waals surface area contributed by atoms with Crippen LogP contribution < -0.4 is 0 Å². The van der Waals surface area contributed by atoms with E-state index in [0.717, 1.165) is 7.11 Å². The molecule has 0 aromatic heterocycles. The van der Waals surface area contributed by atoms with Gasteiger partial charge in [-0.15, -0.1) is 0 Å². The van der Waals surface area contributed by atoms with Gasteiger partial charge in [0.15, 0.2) is 0 Å². The number of alkyl halides is 3. The maximum absolute atomic E-state index is 13.9. The van der Waals surface area contributed by atoms with Crippen LogP contribution in [-0.2, 0) is 14.3 Å². The van der Waals surface area contributed by atoms with E-state index in [1.165, 1.54) is 23.1 Å². The van der Waals surface area contributed by atoms with E-state index in [4.69, 9.17) is 27.9 Å². The average molecular weight is 426 g/mol. The number of nitrogens with zero attached hydrogens (tertiary/aromatic N) is 3. The van der Waals surface area contributed by atoms with Crippen LogP contribution in [-0.4, -0.2) is 54.8 Å². The molecule has 0 radical (unpaired) electrons. The monoisotopic (exact) mass is 425 g/mol. The van der Waals surface area contributed by atoms with Gasteiger partial charge in [0, 0.05) is 18.1 Å². The number of hydrogen-bond acceptors (Lipinski definition) is 6. The predicted octanol–water partition coefficient (Wildman–Crippen LogP) is 3.90. The first-order valence-corrected chi connectivity index (χ1v) is 8.58. The summed E-state index contributed by atoms with van der Waals surface area (Å²) >= 11 is 11.9. The van der Waals surface area contributed by atoms with Crippen LogP contribution in [0.5, 0.6) is 0 Å². The molecule has 0 aliphatic carbocycles. The summed E-state index contributed by atoms with van der Waals surface area (Å²) in [6.07, 6.45) is -5.17. The molecule has 0 amide bonds. The normalized spacial score (nSPS) is 19.7. The molecule has 1 aromatic rings. The van der Waals surface area contributed by atoms with Crippen molar-refractivity contribution in [2.75, 3.05) is 20.2 Å². The predicted molar refractivity (Wildman–Crippen MR) is 95.2 cm³/mol. The third-order valence-electron chi connectivity index (χ3n) is 3.77. The van der Waals surface area contributed by atoms with Crippen molar-refractivity contribution in [3.8, 4) is 0 Å². The van der Waals surface area contributed by atoms with Crippen LogP contribution in [0, 0.1) is 0 Å². The van der Waals surface area contributed by atoms with Crippen LogP contribution in [0.15, 0.2) is 28.2 Å². The first-order valence-electron chi connectivity index (χ1n) is 7.82. The van der Waals surface area contributed by atoms with Gasteiger partial charge >= 0.3 is 17.8 Å². The van der Waals surface area contributed by atoms with Gasteiger partial charge in [0.05, 0.1) is 17.7 Å². The van der Waals surface area contributed by atoms with Crippen LogP contribution in [0.25, 0.3) is 0 Å². The van der Waals surface area contributed by atoms with Gasteiger partial charge in [0.25, 0.3) is 6.02 Å². The Labute approximate surface area is 163 Å². The van der Waals surface area contributed by atoms with Gasteiger partial charge in [-0.25, -0.2) is 4.79 Å². The lowest BCUT2D eigenvalue weighted by molar-refractivity contribution is -0.202. The van der Waals surface area contributed by atoms with Crippen molar-refractivity contribution in [2.45, 2.75) is 25.7 Å². The molecule has 2 rings (SSSR count). The van der Waals surface area contributed by atoms with Crippen molar-refractivity contribution in [2.24, 2.45) is 9.98 Å². The highest BCUT2D eigenvalue weighted by molar-refractivity contribution is 6.37. The zero-order chi connectivity index (χ0) is 20.4. The molecular weight excluding hydrogens is 410 g/mol. The number of aliphatic imine (C=N–C) groups is 2. The number of carbonyl (C=O) groups excluding carboxylic acids is 1. The zero-order valence-electron chi connectivity index (χ0n) is 14.6. The molecule has 0 spiro atoms. The Morgan fingerprint density at radius 2 is 1.89 bits per heavy atom. The summed E-state index contributed by atoms with van der Waals surface area (Å²) in [6.45, 7) is 3.96. The summed E-state index contributed by atoms with van der Waals surface area (Å²) in [5.41, 5.74) is -3.48. The van der Waals surface area contributed by atoms with Crippen molar-refractivity contribution in [3.05, 3.63) is 33.8 Å². The highest BCUT2D eigenvalue weighted by atomic mass is 35.5. The van der Waals surface area contributed by atoms with Crippen LogP contribution in [0.4, 0.5) is 13.2 Å². The number of esters is 1. The smallest absolute Gasteiger partial charge is 0.446 e. The second kappa shape index (κ2) is 7.93. The number of halogens is 5. The van der Waals surface area contributed by atoms with Gasteiger partial charge in [0.2, 0.25) is 5.90 Å². The number of benzene rings is 1. The average Bonchev–Trinajstić information content (AvgIpc) is 2.60. The van der Waals surface area contributed by atoms with Gasteiger partial charge < -0.3 is 14.4 Å². The molecular formula is C16H16Cl2F3N3O3. The third-order valence-corrected chi connectivity index (χ3v) is 4.32. The molecule has 1 aliphatic heterocycles. The van der Waals surface area contributed by atoms with Gasteiger partial charge in [0.1, 0.15) is 0 Å². The van der Waals surface area contributed by atoms with Crippen molar-refractivity contribution in [1.29, 1.82) is 0 Å². The molecule has 27 heavy (non-hydrogen) atoms. The van der Waals surface area contributed by atoms with Gasteiger partial charge in [-0.2, -0.15) is 23.2 Å². The summed E-state index contributed by atoms with van der Waals surface area (Å²) in [5, 5.41) is 0.274. The summed E-state index contributed by atoms with van der Waals surface area (Å²) in [5.74, 6) is -2.21. The zero-order valence-corrected chi connectivity index (χ0v) is 16.1. The molecule has 0 bridgehead atoms. The lowest BCUT2D eigenvalue weighted by Gasteiger charge is -2.33. The summed E-state index contributed by atoms with van der Waals surface area (Å²) in [6, 6.07) is 3.65. The number of ether oxygens (including phenoxy) is 2.